The highest BCUT2D eigenvalue weighted by atomic mass is 16.1. The summed E-state index contributed by atoms with van der Waals surface area (Å²) in [4.78, 5) is 14.6. The van der Waals surface area contributed by atoms with Crippen molar-refractivity contribution >= 4 is 5.91 Å². The maximum Gasteiger partial charge on any atom is 0.224 e. The van der Waals surface area contributed by atoms with Crippen molar-refractivity contribution in [3.8, 4) is 0 Å². The van der Waals surface area contributed by atoms with E-state index >= 15 is 0 Å². The van der Waals surface area contributed by atoms with Gasteiger partial charge in [-0.05, 0) is 51.1 Å². The van der Waals surface area contributed by atoms with Crippen LogP contribution in [0.1, 0.15) is 39.0 Å². The van der Waals surface area contributed by atoms with E-state index in [1.165, 1.54) is 25.8 Å². The van der Waals surface area contributed by atoms with Crippen LogP contribution in [0.4, 0.5) is 0 Å². The second-order valence-corrected chi connectivity index (χ2v) is 6.61. The first-order valence-corrected chi connectivity index (χ1v) is 7.79. The number of nitrogens with two attached hydrogens (primary N) is 1. The van der Waals surface area contributed by atoms with E-state index in [-0.39, 0.29) is 17.9 Å². The second kappa shape index (κ2) is 6.71. The van der Waals surface area contributed by atoms with Crippen LogP contribution in [0.5, 0.6) is 0 Å². The fourth-order valence-corrected chi connectivity index (χ4v) is 3.56. The standard InChI is InChI=1S/C15H29N3O/c1-11-5-3-7-13(14(11)16)15(19)17-9-12-6-4-8-18(2)10-12/h11-14H,3-10,16H2,1-2H3,(H,17,19). The predicted molar refractivity (Wildman–Crippen MR) is 77.7 cm³/mol. The first kappa shape index (κ1) is 14.8. The Labute approximate surface area is 117 Å². The fourth-order valence-electron chi connectivity index (χ4n) is 3.56. The molecule has 0 aromatic rings. The van der Waals surface area contributed by atoms with Crippen molar-refractivity contribution in [2.45, 2.75) is 45.1 Å². The monoisotopic (exact) mass is 267 g/mol. The largest absolute Gasteiger partial charge is 0.355 e. The second-order valence-electron chi connectivity index (χ2n) is 6.61. The average Bonchev–Trinajstić information content (AvgIpc) is 2.39. The Hall–Kier alpha value is -0.610. The Kier molecular flexibility index (Phi) is 5.22. The molecule has 4 unspecified atom stereocenters. The van der Waals surface area contributed by atoms with E-state index in [0.29, 0.717) is 11.8 Å². The quantitative estimate of drug-likeness (QED) is 0.808. The molecule has 1 saturated carbocycles. The summed E-state index contributed by atoms with van der Waals surface area (Å²) in [7, 11) is 2.16. The lowest BCUT2D eigenvalue weighted by Gasteiger charge is -2.34. The van der Waals surface area contributed by atoms with Crippen molar-refractivity contribution in [3.05, 3.63) is 0 Å². The Morgan fingerprint density at radius 3 is 2.84 bits per heavy atom. The molecular formula is C15H29N3O. The molecule has 2 aliphatic rings. The Morgan fingerprint density at radius 2 is 2.11 bits per heavy atom. The van der Waals surface area contributed by atoms with Crippen molar-refractivity contribution in [2.75, 3.05) is 26.7 Å². The van der Waals surface area contributed by atoms with Gasteiger partial charge >= 0.3 is 0 Å². The number of piperidine rings is 1. The fraction of sp³-hybridized carbons (Fsp3) is 0.933. The Morgan fingerprint density at radius 1 is 1.32 bits per heavy atom. The van der Waals surface area contributed by atoms with E-state index in [1.54, 1.807) is 0 Å². The van der Waals surface area contributed by atoms with Crippen LogP contribution in [-0.4, -0.2) is 43.5 Å². The number of nitrogens with zero attached hydrogens (tertiary/aromatic N) is 1. The topological polar surface area (TPSA) is 58.4 Å². The third-order valence-corrected chi connectivity index (χ3v) is 4.92. The van der Waals surface area contributed by atoms with Gasteiger partial charge in [0.05, 0.1) is 5.92 Å². The Bertz CT molecular complexity index is 308. The molecule has 2 fully saturated rings. The molecule has 1 heterocycles. The van der Waals surface area contributed by atoms with Crippen molar-refractivity contribution < 1.29 is 4.79 Å². The van der Waals surface area contributed by atoms with Crippen LogP contribution in [0.2, 0.25) is 0 Å². The summed E-state index contributed by atoms with van der Waals surface area (Å²) in [6.07, 6.45) is 5.74. The Balaban J connectivity index is 1.77. The van der Waals surface area contributed by atoms with Gasteiger partial charge in [0.25, 0.3) is 0 Å². The lowest BCUT2D eigenvalue weighted by atomic mass is 9.78. The zero-order valence-electron chi connectivity index (χ0n) is 12.4. The molecule has 0 radical (unpaired) electrons. The van der Waals surface area contributed by atoms with E-state index < -0.39 is 0 Å². The summed E-state index contributed by atoms with van der Waals surface area (Å²) in [6.45, 7) is 5.28. The maximum absolute atomic E-state index is 12.3. The maximum atomic E-state index is 12.3. The van der Waals surface area contributed by atoms with Crippen LogP contribution in [0, 0.1) is 17.8 Å². The van der Waals surface area contributed by atoms with Gasteiger partial charge in [0.15, 0.2) is 0 Å². The van der Waals surface area contributed by atoms with Crippen LogP contribution < -0.4 is 11.1 Å². The molecule has 4 nitrogen and oxygen atoms in total. The van der Waals surface area contributed by atoms with E-state index in [1.807, 2.05) is 0 Å². The third kappa shape index (κ3) is 3.93. The lowest BCUT2D eigenvalue weighted by Crippen LogP contribution is -2.49. The van der Waals surface area contributed by atoms with Crippen molar-refractivity contribution in [2.24, 2.45) is 23.5 Å². The van der Waals surface area contributed by atoms with Crippen LogP contribution in [0.25, 0.3) is 0 Å². The minimum atomic E-state index is 0.0325. The average molecular weight is 267 g/mol. The van der Waals surface area contributed by atoms with Crippen molar-refractivity contribution in [3.63, 3.8) is 0 Å². The molecule has 1 aliphatic carbocycles. The smallest absolute Gasteiger partial charge is 0.224 e. The molecule has 110 valence electrons. The summed E-state index contributed by atoms with van der Waals surface area (Å²) < 4.78 is 0. The van der Waals surface area contributed by atoms with Gasteiger partial charge in [0, 0.05) is 19.1 Å². The molecular weight excluding hydrogens is 238 g/mol. The zero-order chi connectivity index (χ0) is 13.8. The molecule has 19 heavy (non-hydrogen) atoms. The summed E-state index contributed by atoms with van der Waals surface area (Å²) in [6, 6.07) is 0.0442. The summed E-state index contributed by atoms with van der Waals surface area (Å²) in [5, 5.41) is 3.15. The van der Waals surface area contributed by atoms with Gasteiger partial charge < -0.3 is 16.0 Å². The van der Waals surface area contributed by atoms with Crippen LogP contribution >= 0.6 is 0 Å². The van der Waals surface area contributed by atoms with Gasteiger partial charge in [-0.25, -0.2) is 0 Å². The first-order chi connectivity index (χ1) is 9.08. The number of hydrogen-bond donors (Lipinski definition) is 2. The molecule has 1 saturated heterocycles. The normalized spacial score (nSPS) is 37.0. The van der Waals surface area contributed by atoms with E-state index in [0.717, 1.165) is 25.9 Å². The number of carbonyl (C=O) groups excluding carboxylic acids is 1. The number of nitrogens with one attached hydrogen (secondary N) is 1. The summed E-state index contributed by atoms with van der Waals surface area (Å²) >= 11 is 0. The summed E-state index contributed by atoms with van der Waals surface area (Å²) in [5.41, 5.74) is 6.19. The lowest BCUT2D eigenvalue weighted by molar-refractivity contribution is -0.127. The molecule has 0 aromatic heterocycles. The predicted octanol–water partition coefficient (Wildman–Crippen LogP) is 1.21. The summed E-state index contributed by atoms with van der Waals surface area (Å²) in [5.74, 6) is 1.31. The number of amides is 1. The molecule has 0 spiro atoms. The number of carbonyl (C=O) groups is 1. The molecule has 2 rings (SSSR count). The molecule has 4 heteroatoms. The van der Waals surface area contributed by atoms with E-state index in [9.17, 15) is 4.79 Å². The SMILES string of the molecule is CC1CCCC(C(=O)NCC2CCCN(C)C2)C1N. The van der Waals surface area contributed by atoms with Crippen molar-refractivity contribution in [1.29, 1.82) is 0 Å². The van der Waals surface area contributed by atoms with Gasteiger partial charge in [0.2, 0.25) is 5.91 Å². The molecule has 0 bridgehead atoms. The van der Waals surface area contributed by atoms with E-state index in [4.69, 9.17) is 5.73 Å². The molecule has 1 amide bonds. The zero-order valence-corrected chi connectivity index (χ0v) is 12.4. The number of rotatable bonds is 3. The van der Waals surface area contributed by atoms with Gasteiger partial charge in [0.1, 0.15) is 0 Å². The van der Waals surface area contributed by atoms with Crippen LogP contribution in [0.3, 0.4) is 0 Å². The van der Waals surface area contributed by atoms with Gasteiger partial charge in [-0.1, -0.05) is 13.3 Å². The van der Waals surface area contributed by atoms with Gasteiger partial charge in [-0.3, -0.25) is 4.79 Å². The van der Waals surface area contributed by atoms with Crippen molar-refractivity contribution in [1.82, 2.24) is 10.2 Å². The van der Waals surface area contributed by atoms with E-state index in [2.05, 4.69) is 24.2 Å². The van der Waals surface area contributed by atoms with Gasteiger partial charge in [-0.15, -0.1) is 0 Å². The number of hydrogen-bond acceptors (Lipinski definition) is 3. The highest BCUT2D eigenvalue weighted by Crippen LogP contribution is 2.28. The first-order valence-electron chi connectivity index (χ1n) is 7.79. The van der Waals surface area contributed by atoms with Crippen LogP contribution in [-0.2, 0) is 4.79 Å². The van der Waals surface area contributed by atoms with Gasteiger partial charge in [-0.2, -0.15) is 0 Å². The highest BCUT2D eigenvalue weighted by Gasteiger charge is 2.32. The molecule has 0 aromatic carbocycles. The molecule has 4 atom stereocenters. The highest BCUT2D eigenvalue weighted by molar-refractivity contribution is 5.79. The number of likely N-dealkylation sites (tertiary alicyclic amines) is 1. The minimum absolute atomic E-state index is 0.0325. The van der Waals surface area contributed by atoms with Crippen LogP contribution in [0.15, 0.2) is 0 Å². The molecule has 1 aliphatic heterocycles. The minimum Gasteiger partial charge on any atom is -0.355 e. The third-order valence-electron chi connectivity index (χ3n) is 4.92. The molecule has 3 N–H and O–H groups in total.